The van der Waals surface area contributed by atoms with E-state index >= 15 is 0 Å². The predicted molar refractivity (Wildman–Crippen MR) is 92.1 cm³/mol. The van der Waals surface area contributed by atoms with Crippen molar-refractivity contribution in [3.8, 4) is 0 Å². The number of hydrogen-bond acceptors (Lipinski definition) is 5. The van der Waals surface area contributed by atoms with E-state index in [4.69, 9.17) is 5.73 Å². The van der Waals surface area contributed by atoms with E-state index in [1.54, 1.807) is 0 Å². The Kier molecular flexibility index (Phi) is 4.83. The summed E-state index contributed by atoms with van der Waals surface area (Å²) in [6, 6.07) is 2.92. The summed E-state index contributed by atoms with van der Waals surface area (Å²) in [5.74, 6) is -2.74. The van der Waals surface area contributed by atoms with Gasteiger partial charge < -0.3 is 21.1 Å². The number of hydrogen-bond donors (Lipinski definition) is 5. The first-order valence-corrected chi connectivity index (χ1v) is 8.30. The van der Waals surface area contributed by atoms with E-state index in [0.29, 0.717) is 12.8 Å². The number of aliphatic hydroxyl groups is 1. The van der Waals surface area contributed by atoms with Gasteiger partial charge in [-0.2, -0.15) is 0 Å². The zero-order chi connectivity index (χ0) is 19.8. The molecule has 1 aliphatic rings. The standard InChI is InChI=1S/C17H18F2N4O4/c18-10-2-1-8(7-11(10)19)17(27)5-3-9(4-6-17)21-15(25)13-12(20)14(24)23-16(26)22-13/h1-2,7,9,27H,3-6,20H2,(H,21,25)(H2,22,23,24,26). The highest BCUT2D eigenvalue weighted by molar-refractivity contribution is 5.96. The van der Waals surface area contributed by atoms with E-state index in [1.165, 1.54) is 6.07 Å². The van der Waals surface area contributed by atoms with Gasteiger partial charge in [-0.05, 0) is 43.4 Å². The molecule has 1 fully saturated rings. The summed E-state index contributed by atoms with van der Waals surface area (Å²) in [6.45, 7) is 0. The molecule has 1 amide bonds. The average Bonchev–Trinajstić information content (AvgIpc) is 2.62. The molecule has 1 aliphatic carbocycles. The van der Waals surface area contributed by atoms with E-state index in [-0.39, 0.29) is 30.1 Å². The Morgan fingerprint density at radius 3 is 2.48 bits per heavy atom. The van der Waals surface area contributed by atoms with Crippen LogP contribution in [0.25, 0.3) is 0 Å². The summed E-state index contributed by atoms with van der Waals surface area (Å²) in [5.41, 5.74) is 2.03. The lowest BCUT2D eigenvalue weighted by Gasteiger charge is -2.36. The number of aromatic amines is 2. The largest absolute Gasteiger partial charge is 0.392 e. The van der Waals surface area contributed by atoms with Crippen molar-refractivity contribution < 1.29 is 18.7 Å². The summed E-state index contributed by atoms with van der Waals surface area (Å²) in [6.07, 6.45) is 1.14. The highest BCUT2D eigenvalue weighted by Gasteiger charge is 2.36. The maximum Gasteiger partial charge on any atom is 0.326 e. The number of amides is 1. The molecule has 0 saturated heterocycles. The summed E-state index contributed by atoms with van der Waals surface area (Å²) in [5, 5.41) is 13.4. The van der Waals surface area contributed by atoms with Gasteiger partial charge in [0, 0.05) is 6.04 Å². The zero-order valence-corrected chi connectivity index (χ0v) is 14.1. The third-order valence-corrected chi connectivity index (χ3v) is 4.81. The molecule has 3 rings (SSSR count). The molecule has 1 saturated carbocycles. The molecule has 6 N–H and O–H groups in total. The number of rotatable bonds is 3. The van der Waals surface area contributed by atoms with E-state index in [0.717, 1.165) is 12.1 Å². The highest BCUT2D eigenvalue weighted by Crippen LogP contribution is 2.37. The van der Waals surface area contributed by atoms with Crippen LogP contribution in [-0.2, 0) is 5.60 Å². The Balaban J connectivity index is 1.69. The SMILES string of the molecule is Nc1c(C(=O)NC2CCC(O)(c3ccc(F)c(F)c3)CC2)[nH]c(=O)[nH]c1=O. The van der Waals surface area contributed by atoms with Crippen LogP contribution in [0.1, 0.15) is 41.7 Å². The number of anilines is 1. The van der Waals surface area contributed by atoms with Gasteiger partial charge in [0.05, 0.1) is 5.60 Å². The van der Waals surface area contributed by atoms with Crippen LogP contribution in [0.3, 0.4) is 0 Å². The number of nitrogens with one attached hydrogen (secondary N) is 3. The first kappa shape index (κ1) is 18.8. The number of aromatic nitrogens is 2. The molecule has 8 nitrogen and oxygen atoms in total. The molecule has 1 heterocycles. The fourth-order valence-corrected chi connectivity index (χ4v) is 3.25. The van der Waals surface area contributed by atoms with Crippen LogP contribution in [0.5, 0.6) is 0 Å². The van der Waals surface area contributed by atoms with Crippen LogP contribution >= 0.6 is 0 Å². The number of carbonyl (C=O) groups is 1. The van der Waals surface area contributed by atoms with Gasteiger partial charge in [0.1, 0.15) is 11.4 Å². The number of nitrogen functional groups attached to an aromatic ring is 1. The number of carbonyl (C=O) groups excluding carboxylic acids is 1. The molecule has 0 radical (unpaired) electrons. The van der Waals surface area contributed by atoms with Crippen molar-refractivity contribution in [1.82, 2.24) is 15.3 Å². The molecule has 10 heteroatoms. The second-order valence-electron chi connectivity index (χ2n) is 6.61. The van der Waals surface area contributed by atoms with Crippen molar-refractivity contribution in [2.24, 2.45) is 0 Å². The fraction of sp³-hybridized carbons (Fsp3) is 0.353. The molecule has 0 unspecified atom stereocenters. The molecule has 0 bridgehead atoms. The normalized spacial score (nSPS) is 22.4. The third-order valence-electron chi connectivity index (χ3n) is 4.81. The van der Waals surface area contributed by atoms with Crippen molar-refractivity contribution in [3.05, 3.63) is 61.9 Å². The molecular formula is C17H18F2N4O4. The summed E-state index contributed by atoms with van der Waals surface area (Å²) in [4.78, 5) is 39.2. The number of benzene rings is 1. The molecule has 0 aliphatic heterocycles. The molecule has 27 heavy (non-hydrogen) atoms. The quantitative estimate of drug-likeness (QED) is 0.527. The third kappa shape index (κ3) is 3.75. The first-order valence-electron chi connectivity index (χ1n) is 8.30. The minimum Gasteiger partial charge on any atom is -0.392 e. The monoisotopic (exact) mass is 380 g/mol. The Morgan fingerprint density at radius 2 is 1.85 bits per heavy atom. The Hall–Kier alpha value is -3.01. The van der Waals surface area contributed by atoms with Gasteiger partial charge in [-0.25, -0.2) is 13.6 Å². The molecule has 2 aromatic rings. The average molecular weight is 380 g/mol. The molecular weight excluding hydrogens is 362 g/mol. The summed E-state index contributed by atoms with van der Waals surface area (Å²) < 4.78 is 26.5. The summed E-state index contributed by atoms with van der Waals surface area (Å²) in [7, 11) is 0. The van der Waals surface area contributed by atoms with Crippen molar-refractivity contribution in [2.75, 3.05) is 5.73 Å². The van der Waals surface area contributed by atoms with Crippen LogP contribution in [0.15, 0.2) is 27.8 Å². The van der Waals surface area contributed by atoms with Crippen LogP contribution in [0.4, 0.5) is 14.5 Å². The van der Waals surface area contributed by atoms with E-state index in [9.17, 15) is 28.3 Å². The lowest BCUT2D eigenvalue weighted by Crippen LogP contribution is -2.43. The molecule has 1 aromatic carbocycles. The van der Waals surface area contributed by atoms with Crippen LogP contribution < -0.4 is 22.3 Å². The van der Waals surface area contributed by atoms with Crippen LogP contribution in [0.2, 0.25) is 0 Å². The van der Waals surface area contributed by atoms with Crippen LogP contribution in [-0.4, -0.2) is 27.0 Å². The van der Waals surface area contributed by atoms with E-state index < -0.39 is 40.1 Å². The zero-order valence-electron chi connectivity index (χ0n) is 14.1. The second-order valence-corrected chi connectivity index (χ2v) is 6.61. The van der Waals surface area contributed by atoms with E-state index in [1.807, 2.05) is 4.98 Å². The Bertz CT molecular complexity index is 993. The second kappa shape index (κ2) is 6.95. The van der Waals surface area contributed by atoms with Gasteiger partial charge in [0.25, 0.3) is 11.5 Å². The van der Waals surface area contributed by atoms with Gasteiger partial charge >= 0.3 is 5.69 Å². The first-order chi connectivity index (χ1) is 12.7. The van der Waals surface area contributed by atoms with Crippen LogP contribution in [0, 0.1) is 11.6 Å². The maximum absolute atomic E-state index is 13.4. The number of halogens is 2. The van der Waals surface area contributed by atoms with E-state index in [2.05, 4.69) is 10.3 Å². The van der Waals surface area contributed by atoms with Gasteiger partial charge in [-0.3, -0.25) is 14.6 Å². The van der Waals surface area contributed by atoms with Gasteiger partial charge in [-0.1, -0.05) is 6.07 Å². The van der Waals surface area contributed by atoms with Gasteiger partial charge in [0.2, 0.25) is 0 Å². The topological polar surface area (TPSA) is 141 Å². The van der Waals surface area contributed by atoms with Crippen molar-refractivity contribution in [2.45, 2.75) is 37.3 Å². The highest BCUT2D eigenvalue weighted by atomic mass is 19.2. The Morgan fingerprint density at radius 1 is 1.19 bits per heavy atom. The number of H-pyrrole nitrogens is 2. The Labute approximate surface area is 151 Å². The van der Waals surface area contributed by atoms with Gasteiger partial charge in [0.15, 0.2) is 11.6 Å². The molecule has 1 aromatic heterocycles. The summed E-state index contributed by atoms with van der Waals surface area (Å²) >= 11 is 0. The molecule has 144 valence electrons. The lowest BCUT2D eigenvalue weighted by molar-refractivity contribution is -0.00837. The minimum absolute atomic E-state index is 0.213. The maximum atomic E-state index is 13.4. The smallest absolute Gasteiger partial charge is 0.326 e. The van der Waals surface area contributed by atoms with Gasteiger partial charge in [-0.15, -0.1) is 0 Å². The minimum atomic E-state index is -1.33. The van der Waals surface area contributed by atoms with Crippen molar-refractivity contribution in [3.63, 3.8) is 0 Å². The van der Waals surface area contributed by atoms with Crippen molar-refractivity contribution >= 4 is 11.6 Å². The van der Waals surface area contributed by atoms with Crippen molar-refractivity contribution in [1.29, 1.82) is 0 Å². The fourth-order valence-electron chi connectivity index (χ4n) is 3.25. The molecule has 0 atom stereocenters. The predicted octanol–water partition coefficient (Wildman–Crippen LogP) is 0.484. The number of nitrogens with two attached hydrogens (primary N) is 1. The molecule has 0 spiro atoms. The lowest BCUT2D eigenvalue weighted by atomic mass is 9.77.